The van der Waals surface area contributed by atoms with E-state index in [1.165, 1.54) is 7.11 Å². The van der Waals surface area contributed by atoms with Gasteiger partial charge >= 0.3 is 0 Å². The van der Waals surface area contributed by atoms with E-state index in [1.807, 2.05) is 0 Å². The Morgan fingerprint density at radius 2 is 2.24 bits per heavy atom. The van der Waals surface area contributed by atoms with Crippen LogP contribution in [-0.4, -0.2) is 32.5 Å². The van der Waals surface area contributed by atoms with Crippen molar-refractivity contribution >= 4 is 34.4 Å². The predicted molar refractivity (Wildman–Crippen MR) is 65.4 cm³/mol. The van der Waals surface area contributed by atoms with Gasteiger partial charge in [-0.2, -0.15) is 9.97 Å². The van der Waals surface area contributed by atoms with Gasteiger partial charge in [0.2, 0.25) is 11.2 Å². The maximum absolute atomic E-state index is 5.79. The molecule has 0 spiro atoms. The summed E-state index contributed by atoms with van der Waals surface area (Å²) >= 11 is 11.3. The Bertz CT molecular complexity index is 599. The Hall–Kier alpha value is -1.51. The molecule has 17 heavy (non-hydrogen) atoms. The van der Waals surface area contributed by atoms with Gasteiger partial charge in [0.25, 0.3) is 0 Å². The van der Waals surface area contributed by atoms with Crippen molar-refractivity contribution < 1.29 is 4.74 Å². The number of hydrogen-bond acceptors (Lipinski definition) is 4. The van der Waals surface area contributed by atoms with E-state index in [-0.39, 0.29) is 5.28 Å². The minimum Gasteiger partial charge on any atom is -0.479 e. The highest BCUT2D eigenvalue weighted by Gasteiger charge is 2.12. The molecule has 0 unspecified atom stereocenters. The van der Waals surface area contributed by atoms with Gasteiger partial charge in [-0.15, -0.1) is 11.6 Å². The van der Waals surface area contributed by atoms with Crippen molar-refractivity contribution in [2.24, 2.45) is 0 Å². The van der Waals surface area contributed by atoms with Gasteiger partial charge in [0.05, 0.1) is 25.9 Å². The fraction of sp³-hybridized carbons (Fsp3) is 0.300. The lowest BCUT2D eigenvalue weighted by Gasteiger charge is -2.01. The fourth-order valence-corrected chi connectivity index (χ4v) is 1.59. The van der Waals surface area contributed by atoms with Crippen molar-refractivity contribution in [3.8, 4) is 17.7 Å². The lowest BCUT2D eigenvalue weighted by atomic mass is 10.5. The molecule has 7 heteroatoms. The number of rotatable bonds is 2. The van der Waals surface area contributed by atoms with Gasteiger partial charge in [0, 0.05) is 0 Å². The Morgan fingerprint density at radius 3 is 2.94 bits per heavy atom. The molecule has 0 radical (unpaired) electrons. The molecule has 0 aromatic carbocycles. The van der Waals surface area contributed by atoms with Crippen LogP contribution in [0.2, 0.25) is 5.28 Å². The molecular weight excluding hydrogens is 263 g/mol. The van der Waals surface area contributed by atoms with Crippen LogP contribution in [0.3, 0.4) is 0 Å². The summed E-state index contributed by atoms with van der Waals surface area (Å²) in [6.45, 7) is 0.444. The third-order valence-electron chi connectivity index (χ3n) is 2.04. The standard InChI is InChI=1S/C10H8Cl2N4O/c1-17-9-7-8(14-10(12)15-9)16(6-13-7)5-3-2-4-11/h6H,4-5H2,1H3. The highest BCUT2D eigenvalue weighted by molar-refractivity contribution is 6.28. The summed E-state index contributed by atoms with van der Waals surface area (Å²) in [7, 11) is 1.50. The zero-order valence-corrected chi connectivity index (χ0v) is 10.5. The predicted octanol–water partition coefficient (Wildman–Crippen LogP) is 1.73. The van der Waals surface area contributed by atoms with Crippen molar-refractivity contribution in [3.05, 3.63) is 11.6 Å². The lowest BCUT2D eigenvalue weighted by Crippen LogP contribution is -1.98. The molecule has 0 aliphatic carbocycles. The number of fused-ring (bicyclic) bond motifs is 1. The SMILES string of the molecule is COc1nc(Cl)nc2c1ncn2CC#CCCl. The molecule has 88 valence electrons. The molecule has 2 heterocycles. The van der Waals surface area contributed by atoms with E-state index in [0.717, 1.165) is 0 Å². The molecule has 2 rings (SSSR count). The van der Waals surface area contributed by atoms with Crippen molar-refractivity contribution in [1.29, 1.82) is 0 Å². The first-order valence-electron chi connectivity index (χ1n) is 4.70. The number of imidazole rings is 1. The maximum Gasteiger partial charge on any atom is 0.246 e. The van der Waals surface area contributed by atoms with Gasteiger partial charge in [-0.1, -0.05) is 11.8 Å². The molecule has 0 aliphatic heterocycles. The minimum atomic E-state index is 0.112. The first-order valence-corrected chi connectivity index (χ1v) is 5.61. The lowest BCUT2D eigenvalue weighted by molar-refractivity contribution is 0.402. The Kier molecular flexibility index (Phi) is 3.67. The van der Waals surface area contributed by atoms with E-state index in [0.29, 0.717) is 29.5 Å². The summed E-state index contributed by atoms with van der Waals surface area (Å²) in [6, 6.07) is 0. The first kappa shape index (κ1) is 12.0. The van der Waals surface area contributed by atoms with Gasteiger partial charge in [0.1, 0.15) is 0 Å². The Labute approximate surface area is 108 Å². The normalized spacial score (nSPS) is 10.1. The van der Waals surface area contributed by atoms with Crippen LogP contribution in [0.15, 0.2) is 6.33 Å². The van der Waals surface area contributed by atoms with E-state index >= 15 is 0 Å². The molecule has 2 aromatic heterocycles. The molecule has 0 saturated carbocycles. The summed E-state index contributed by atoms with van der Waals surface area (Å²) in [5, 5.41) is 0.112. The maximum atomic E-state index is 5.79. The third-order valence-corrected chi connectivity index (χ3v) is 2.34. The van der Waals surface area contributed by atoms with Crippen LogP contribution in [0.5, 0.6) is 5.88 Å². The smallest absolute Gasteiger partial charge is 0.246 e. The van der Waals surface area contributed by atoms with Gasteiger partial charge in [-0.25, -0.2) is 4.98 Å². The zero-order chi connectivity index (χ0) is 12.3. The summed E-state index contributed by atoms with van der Waals surface area (Å²) in [5.41, 5.74) is 1.15. The van der Waals surface area contributed by atoms with Crippen molar-refractivity contribution in [1.82, 2.24) is 19.5 Å². The van der Waals surface area contributed by atoms with Crippen LogP contribution in [0.1, 0.15) is 0 Å². The average molecular weight is 271 g/mol. The second kappa shape index (κ2) is 5.21. The summed E-state index contributed by atoms with van der Waals surface area (Å²) in [6.07, 6.45) is 1.61. The fourth-order valence-electron chi connectivity index (χ4n) is 1.34. The van der Waals surface area contributed by atoms with Crippen LogP contribution in [0.25, 0.3) is 11.2 Å². The molecule has 0 aliphatic rings. The van der Waals surface area contributed by atoms with Gasteiger partial charge in [0.15, 0.2) is 11.2 Å². The van der Waals surface area contributed by atoms with Crippen LogP contribution >= 0.6 is 23.2 Å². The van der Waals surface area contributed by atoms with Crippen LogP contribution in [-0.2, 0) is 6.54 Å². The second-order valence-corrected chi connectivity index (χ2v) is 3.64. The van der Waals surface area contributed by atoms with Gasteiger partial charge < -0.3 is 9.30 Å². The van der Waals surface area contributed by atoms with Gasteiger partial charge in [-0.05, 0) is 11.6 Å². The van der Waals surface area contributed by atoms with Crippen LogP contribution in [0, 0.1) is 11.8 Å². The summed E-state index contributed by atoms with van der Waals surface area (Å²) < 4.78 is 6.83. The topological polar surface area (TPSA) is 52.8 Å². The molecule has 0 atom stereocenters. The number of ether oxygens (including phenoxy) is 1. The summed E-state index contributed by atoms with van der Waals surface area (Å²) in [4.78, 5) is 12.2. The Morgan fingerprint density at radius 1 is 1.41 bits per heavy atom. The molecular formula is C10H8Cl2N4O. The van der Waals surface area contributed by atoms with Crippen LogP contribution in [0.4, 0.5) is 0 Å². The highest BCUT2D eigenvalue weighted by atomic mass is 35.5. The first-order chi connectivity index (χ1) is 8.26. The molecule has 5 nitrogen and oxygen atoms in total. The average Bonchev–Trinajstić information content (AvgIpc) is 2.72. The second-order valence-electron chi connectivity index (χ2n) is 3.03. The third kappa shape index (κ3) is 2.43. The monoisotopic (exact) mass is 270 g/mol. The van der Waals surface area contributed by atoms with E-state index in [1.54, 1.807) is 10.9 Å². The van der Waals surface area contributed by atoms with Crippen molar-refractivity contribution in [3.63, 3.8) is 0 Å². The van der Waals surface area contributed by atoms with Gasteiger partial charge in [-0.3, -0.25) is 0 Å². The molecule has 0 fully saturated rings. The molecule has 0 amide bonds. The molecule has 2 aromatic rings. The molecule has 0 saturated heterocycles. The number of nitrogens with zero attached hydrogens (tertiary/aromatic N) is 4. The van der Waals surface area contributed by atoms with E-state index in [2.05, 4.69) is 26.8 Å². The Balaban J connectivity index is 2.48. The highest BCUT2D eigenvalue weighted by Crippen LogP contribution is 2.21. The molecule has 0 bridgehead atoms. The minimum absolute atomic E-state index is 0.112. The van der Waals surface area contributed by atoms with Crippen molar-refractivity contribution in [2.45, 2.75) is 6.54 Å². The molecule has 0 N–H and O–H groups in total. The summed E-state index contributed by atoms with van der Waals surface area (Å²) in [5.74, 6) is 6.29. The van der Waals surface area contributed by atoms with E-state index < -0.39 is 0 Å². The number of alkyl halides is 1. The number of halogens is 2. The van der Waals surface area contributed by atoms with Crippen LogP contribution < -0.4 is 4.74 Å². The zero-order valence-electron chi connectivity index (χ0n) is 8.94. The number of hydrogen-bond donors (Lipinski definition) is 0. The number of aromatic nitrogens is 4. The largest absolute Gasteiger partial charge is 0.479 e. The van der Waals surface area contributed by atoms with E-state index in [9.17, 15) is 0 Å². The van der Waals surface area contributed by atoms with Crippen molar-refractivity contribution in [2.75, 3.05) is 13.0 Å². The quantitative estimate of drug-likeness (QED) is 0.474. The van der Waals surface area contributed by atoms with E-state index in [4.69, 9.17) is 27.9 Å². The number of methoxy groups -OCH3 is 1.